The van der Waals surface area contributed by atoms with Crippen LogP contribution in [0.25, 0.3) is 60.9 Å². The zero-order chi connectivity index (χ0) is 42.2. The molecular formula is C59H57N. The van der Waals surface area contributed by atoms with Crippen molar-refractivity contribution < 1.29 is 0 Å². The Bertz CT molecular complexity index is 2940. The van der Waals surface area contributed by atoms with Crippen molar-refractivity contribution in [2.24, 2.45) is 0 Å². The highest BCUT2D eigenvalue weighted by Crippen LogP contribution is 2.53. The van der Waals surface area contributed by atoms with Crippen LogP contribution in [0.1, 0.15) is 80.5 Å². The van der Waals surface area contributed by atoms with Crippen LogP contribution >= 0.6 is 0 Å². The second kappa shape index (κ2) is 16.3. The van der Waals surface area contributed by atoms with E-state index in [1.165, 1.54) is 99.8 Å². The number of para-hydroxylation sites is 1. The molecular weight excluding hydrogens is 723 g/mol. The average Bonchev–Trinajstić information content (AvgIpc) is 3.61. The molecule has 0 saturated heterocycles. The summed E-state index contributed by atoms with van der Waals surface area (Å²) in [5, 5.41) is 2.61. The lowest BCUT2D eigenvalue weighted by Gasteiger charge is -2.44. The smallest absolute Gasteiger partial charge is 0.0544 e. The average molecular weight is 780 g/mol. The molecule has 0 aliphatic heterocycles. The van der Waals surface area contributed by atoms with Crippen LogP contribution in [-0.4, -0.2) is 4.57 Å². The summed E-state index contributed by atoms with van der Waals surface area (Å²) in [6.07, 6.45) is 0. The Morgan fingerprint density at radius 1 is 0.350 bits per heavy atom. The predicted molar refractivity (Wildman–Crippen MR) is 260 cm³/mol. The Labute approximate surface area is 358 Å². The van der Waals surface area contributed by atoms with E-state index < -0.39 is 0 Å². The number of aryl methyl sites for hydroxylation is 3. The highest BCUT2D eigenvalue weighted by molar-refractivity contribution is 6.10. The summed E-state index contributed by atoms with van der Waals surface area (Å²) < 4.78 is 2.48. The van der Waals surface area contributed by atoms with E-state index in [4.69, 9.17) is 0 Å². The van der Waals surface area contributed by atoms with E-state index in [0.717, 1.165) is 0 Å². The zero-order valence-corrected chi connectivity index (χ0v) is 36.8. The first-order chi connectivity index (χ1) is 29.0. The fourth-order valence-corrected chi connectivity index (χ4v) is 9.36. The highest BCUT2D eigenvalue weighted by atomic mass is 15.0. The summed E-state index contributed by atoms with van der Waals surface area (Å²) in [6.45, 7) is 20.3. The molecule has 0 fully saturated rings. The molecule has 298 valence electrons. The zero-order valence-electron chi connectivity index (χ0n) is 36.8. The normalized spacial score (nSPS) is 13.3. The molecule has 0 spiro atoms. The van der Waals surface area contributed by atoms with Crippen molar-refractivity contribution in [2.75, 3.05) is 0 Å². The van der Waals surface area contributed by atoms with Gasteiger partial charge in [-0.3, -0.25) is 0 Å². The van der Waals surface area contributed by atoms with Crippen LogP contribution < -0.4 is 0 Å². The summed E-state index contributed by atoms with van der Waals surface area (Å²) in [5.41, 5.74) is 20.7. The molecule has 9 aromatic rings. The molecule has 60 heavy (non-hydrogen) atoms. The first-order valence-corrected chi connectivity index (χ1v) is 21.6. The van der Waals surface area contributed by atoms with Gasteiger partial charge in [0.05, 0.1) is 11.0 Å². The van der Waals surface area contributed by atoms with Crippen molar-refractivity contribution in [1.29, 1.82) is 0 Å². The molecule has 0 radical (unpaired) electrons. The first kappa shape index (κ1) is 40.3. The maximum absolute atomic E-state index is 2.51. The third kappa shape index (κ3) is 7.17. The SMILES string of the molecule is CC.Cc1ccc(-c2ccccc2)cc1.Cc1ccccc1-c1cc2c(cc1C)C(C)(C)c1cc3c4ccccc4n(-c4cccc(-c5ccccc5)c4)c3cc1C2(C)C. The Morgan fingerprint density at radius 2 is 0.867 bits per heavy atom. The van der Waals surface area contributed by atoms with E-state index in [1.807, 2.05) is 19.9 Å². The third-order valence-corrected chi connectivity index (χ3v) is 12.7. The van der Waals surface area contributed by atoms with Gasteiger partial charge >= 0.3 is 0 Å². The minimum Gasteiger partial charge on any atom is -0.309 e. The van der Waals surface area contributed by atoms with Crippen LogP contribution in [0.5, 0.6) is 0 Å². The fourth-order valence-electron chi connectivity index (χ4n) is 9.36. The molecule has 0 amide bonds. The van der Waals surface area contributed by atoms with Crippen LogP contribution in [0.3, 0.4) is 0 Å². The summed E-state index contributed by atoms with van der Waals surface area (Å²) in [6, 6.07) is 66.4. The lowest BCUT2D eigenvalue weighted by molar-refractivity contribution is 0.521. The number of nitrogens with zero attached hydrogens (tertiary/aromatic N) is 1. The van der Waals surface area contributed by atoms with E-state index in [0.29, 0.717) is 0 Å². The quantitative estimate of drug-likeness (QED) is 0.168. The van der Waals surface area contributed by atoms with Gasteiger partial charge in [-0.1, -0.05) is 193 Å². The molecule has 1 heterocycles. The summed E-state index contributed by atoms with van der Waals surface area (Å²) >= 11 is 0. The van der Waals surface area contributed by atoms with E-state index in [1.54, 1.807) is 0 Å². The number of aromatic nitrogens is 1. The lowest BCUT2D eigenvalue weighted by Crippen LogP contribution is -2.36. The van der Waals surface area contributed by atoms with Crippen molar-refractivity contribution in [1.82, 2.24) is 4.57 Å². The van der Waals surface area contributed by atoms with Gasteiger partial charge in [0.15, 0.2) is 0 Å². The summed E-state index contributed by atoms with van der Waals surface area (Å²) in [5.74, 6) is 0. The first-order valence-electron chi connectivity index (χ1n) is 21.6. The van der Waals surface area contributed by atoms with E-state index in [9.17, 15) is 0 Å². The number of fused-ring (bicyclic) bond motifs is 5. The van der Waals surface area contributed by atoms with Crippen molar-refractivity contribution in [3.05, 3.63) is 221 Å². The Morgan fingerprint density at radius 3 is 1.53 bits per heavy atom. The minimum atomic E-state index is -0.174. The monoisotopic (exact) mass is 779 g/mol. The van der Waals surface area contributed by atoms with Crippen LogP contribution in [0.2, 0.25) is 0 Å². The molecule has 8 aromatic carbocycles. The van der Waals surface area contributed by atoms with Crippen LogP contribution in [-0.2, 0) is 10.8 Å². The Balaban J connectivity index is 0.000000282. The summed E-state index contributed by atoms with van der Waals surface area (Å²) in [7, 11) is 0. The van der Waals surface area contributed by atoms with Gasteiger partial charge in [-0.05, 0) is 124 Å². The largest absolute Gasteiger partial charge is 0.309 e. The molecule has 1 aliphatic carbocycles. The molecule has 0 atom stereocenters. The number of hydrogen-bond acceptors (Lipinski definition) is 0. The maximum atomic E-state index is 2.51. The molecule has 1 nitrogen and oxygen atoms in total. The van der Waals surface area contributed by atoms with Crippen molar-refractivity contribution in [3.63, 3.8) is 0 Å². The Kier molecular flexibility index (Phi) is 11.0. The van der Waals surface area contributed by atoms with Crippen molar-refractivity contribution in [3.8, 4) is 39.1 Å². The van der Waals surface area contributed by atoms with Crippen LogP contribution in [0, 0.1) is 20.8 Å². The van der Waals surface area contributed by atoms with Gasteiger partial charge in [-0.25, -0.2) is 0 Å². The van der Waals surface area contributed by atoms with Gasteiger partial charge in [0.1, 0.15) is 0 Å². The standard InChI is InChI=1S/C44H39N.C13H12.C2H6/c1-28-15-10-11-20-33(28)35-25-38-37(23-29(35)2)43(3,4)39-26-36-34-21-12-13-22-41(34)45(42(36)27-40(39)44(38,5)6)32-19-14-18-31(24-32)30-16-8-7-9-17-30;1-11-7-9-13(10-8-11)12-5-3-2-4-6-12;1-2/h7-27H,1-6H3;2-10H,1H3;1-2H3. The number of rotatable bonds is 4. The lowest BCUT2D eigenvalue weighted by atomic mass is 9.59. The van der Waals surface area contributed by atoms with E-state index >= 15 is 0 Å². The second-order valence-corrected chi connectivity index (χ2v) is 17.2. The Hall–Kier alpha value is -6.44. The van der Waals surface area contributed by atoms with Crippen LogP contribution in [0.4, 0.5) is 0 Å². The second-order valence-electron chi connectivity index (χ2n) is 17.2. The molecule has 1 heteroatoms. The van der Waals surface area contributed by atoms with Crippen molar-refractivity contribution in [2.45, 2.75) is 73.1 Å². The highest BCUT2D eigenvalue weighted by Gasteiger charge is 2.42. The van der Waals surface area contributed by atoms with Gasteiger partial charge in [-0.15, -0.1) is 0 Å². The number of benzene rings is 8. The molecule has 1 aromatic heterocycles. The molecule has 0 bridgehead atoms. The fraction of sp³-hybridized carbons (Fsp3) is 0.186. The molecule has 0 saturated carbocycles. The van der Waals surface area contributed by atoms with Gasteiger partial charge in [0.25, 0.3) is 0 Å². The van der Waals surface area contributed by atoms with E-state index in [-0.39, 0.29) is 10.8 Å². The molecule has 0 N–H and O–H groups in total. The predicted octanol–water partition coefficient (Wildman–Crippen LogP) is 16.4. The molecule has 1 aliphatic rings. The van der Waals surface area contributed by atoms with Gasteiger partial charge in [0, 0.05) is 27.3 Å². The maximum Gasteiger partial charge on any atom is 0.0544 e. The van der Waals surface area contributed by atoms with Gasteiger partial charge in [0.2, 0.25) is 0 Å². The molecule has 10 rings (SSSR count). The molecule has 0 unspecified atom stereocenters. The van der Waals surface area contributed by atoms with Gasteiger partial charge < -0.3 is 4.57 Å². The summed E-state index contributed by atoms with van der Waals surface area (Å²) in [4.78, 5) is 0. The van der Waals surface area contributed by atoms with Crippen LogP contribution in [0.15, 0.2) is 182 Å². The topological polar surface area (TPSA) is 4.93 Å². The van der Waals surface area contributed by atoms with Gasteiger partial charge in [-0.2, -0.15) is 0 Å². The third-order valence-electron chi connectivity index (χ3n) is 12.7. The van der Waals surface area contributed by atoms with E-state index in [2.05, 4.69) is 229 Å². The number of hydrogen-bond donors (Lipinski definition) is 0. The minimum absolute atomic E-state index is 0.139. The van der Waals surface area contributed by atoms with Crippen molar-refractivity contribution >= 4 is 21.8 Å².